The van der Waals surface area contributed by atoms with Crippen molar-refractivity contribution in [2.75, 3.05) is 6.54 Å². The van der Waals surface area contributed by atoms with Crippen LogP contribution in [0.3, 0.4) is 0 Å². The molecule has 3 N–H and O–H groups in total. The second-order valence-electron chi connectivity index (χ2n) is 3.27. The molecule has 0 amide bonds. The molecule has 1 aliphatic rings. The van der Waals surface area contributed by atoms with Crippen molar-refractivity contribution in [1.29, 1.82) is 0 Å². The fourth-order valence-corrected chi connectivity index (χ4v) is 1.79. The normalized spacial score (nSPS) is 20.0. The molecule has 1 atom stereocenters. The molecule has 2 rings (SSSR count). The monoisotopic (exact) mass is 222 g/mol. The Balaban J connectivity index is 2.35. The van der Waals surface area contributed by atoms with Gasteiger partial charge >= 0.3 is 5.97 Å². The van der Waals surface area contributed by atoms with Crippen LogP contribution in [0.25, 0.3) is 0 Å². The molecule has 1 aromatic carbocycles. The number of carboxylic acid groups (broad SMARTS) is 1. The second kappa shape index (κ2) is 3.96. The lowest BCUT2D eigenvalue weighted by molar-refractivity contribution is 0.0695. The van der Waals surface area contributed by atoms with Gasteiger partial charge in [-0.3, -0.25) is 5.32 Å². The van der Waals surface area contributed by atoms with Gasteiger partial charge in [0.05, 0.1) is 10.6 Å². The molecule has 0 aliphatic carbocycles. The lowest BCUT2D eigenvalue weighted by atomic mass is 10.1. The van der Waals surface area contributed by atoms with Gasteiger partial charge in [-0.05, 0) is 6.07 Å². The number of hydrogen-bond acceptors (Lipinski definition) is 3. The first-order valence-electron chi connectivity index (χ1n) is 4.53. The molecule has 0 saturated carbocycles. The molecule has 4 nitrogen and oxygen atoms in total. The van der Waals surface area contributed by atoms with Crippen LogP contribution in [0.15, 0.2) is 24.3 Å². The van der Waals surface area contributed by atoms with E-state index in [1.807, 2.05) is 6.07 Å². The Morgan fingerprint density at radius 2 is 2.20 bits per heavy atom. The minimum absolute atomic E-state index is 0.190. The largest absolute Gasteiger partial charge is 0.478 e. The van der Waals surface area contributed by atoms with Crippen LogP contribution in [0.2, 0.25) is 0 Å². The molecule has 78 valence electrons. The Bertz CT molecular complexity index is 420. The first-order valence-corrected chi connectivity index (χ1v) is 4.94. The Morgan fingerprint density at radius 1 is 1.47 bits per heavy atom. The van der Waals surface area contributed by atoms with Gasteiger partial charge in [-0.25, -0.2) is 4.79 Å². The summed E-state index contributed by atoms with van der Waals surface area (Å²) in [7, 11) is 0. The van der Waals surface area contributed by atoms with E-state index in [0.717, 1.165) is 0 Å². The molecule has 0 spiro atoms. The molecule has 0 bridgehead atoms. The van der Waals surface area contributed by atoms with E-state index in [4.69, 9.17) is 17.3 Å². The fourth-order valence-electron chi connectivity index (χ4n) is 1.59. The second-order valence-corrected chi connectivity index (χ2v) is 3.77. The molecule has 1 heterocycles. The molecule has 5 heteroatoms. The maximum absolute atomic E-state index is 11.0. The number of benzene rings is 1. The minimum atomic E-state index is -0.924. The molecular formula is C10H10N2O2S. The molecule has 1 unspecified atom stereocenters. The quantitative estimate of drug-likeness (QED) is 0.649. The van der Waals surface area contributed by atoms with Crippen LogP contribution in [-0.2, 0) is 0 Å². The van der Waals surface area contributed by atoms with Crippen molar-refractivity contribution in [3.63, 3.8) is 0 Å². The molecule has 0 radical (unpaired) electrons. The van der Waals surface area contributed by atoms with E-state index in [0.29, 0.717) is 22.7 Å². The summed E-state index contributed by atoms with van der Waals surface area (Å²) < 4.78 is 0. The van der Waals surface area contributed by atoms with Crippen molar-refractivity contribution in [2.24, 2.45) is 0 Å². The first-order chi connectivity index (χ1) is 7.18. The van der Waals surface area contributed by atoms with Gasteiger partial charge in [-0.15, -0.1) is 0 Å². The zero-order valence-corrected chi connectivity index (χ0v) is 8.67. The van der Waals surface area contributed by atoms with E-state index >= 15 is 0 Å². The smallest absolute Gasteiger partial charge is 0.336 e. The Morgan fingerprint density at radius 3 is 2.80 bits per heavy atom. The van der Waals surface area contributed by atoms with E-state index in [1.165, 1.54) is 0 Å². The highest BCUT2D eigenvalue weighted by molar-refractivity contribution is 7.80. The zero-order chi connectivity index (χ0) is 10.8. The van der Waals surface area contributed by atoms with E-state index in [-0.39, 0.29) is 6.17 Å². The Hall–Kier alpha value is -1.46. The van der Waals surface area contributed by atoms with Crippen LogP contribution in [0, 0.1) is 0 Å². The summed E-state index contributed by atoms with van der Waals surface area (Å²) in [6.07, 6.45) is -0.190. The number of hydrogen-bond donors (Lipinski definition) is 3. The number of aromatic carboxylic acids is 1. The number of thiocarbonyl (C=S) groups is 1. The summed E-state index contributed by atoms with van der Waals surface area (Å²) in [6, 6.07) is 6.89. The van der Waals surface area contributed by atoms with Crippen LogP contribution >= 0.6 is 12.2 Å². The fraction of sp³-hybridized carbons (Fsp3) is 0.200. The maximum Gasteiger partial charge on any atom is 0.336 e. The summed E-state index contributed by atoms with van der Waals surface area (Å²) in [5, 5.41) is 15.1. The summed E-state index contributed by atoms with van der Waals surface area (Å²) in [4.78, 5) is 11.7. The first kappa shape index (κ1) is 10.1. The van der Waals surface area contributed by atoms with Crippen molar-refractivity contribution in [1.82, 2.24) is 10.6 Å². The van der Waals surface area contributed by atoms with Crippen molar-refractivity contribution in [3.8, 4) is 0 Å². The lowest BCUT2D eigenvalue weighted by Crippen LogP contribution is -2.24. The highest BCUT2D eigenvalue weighted by Gasteiger charge is 2.23. The van der Waals surface area contributed by atoms with Crippen LogP contribution in [-0.4, -0.2) is 22.6 Å². The summed E-state index contributed by atoms with van der Waals surface area (Å²) >= 11 is 4.98. The van der Waals surface area contributed by atoms with Gasteiger partial charge < -0.3 is 10.4 Å². The average molecular weight is 222 g/mol. The average Bonchev–Trinajstić information content (AvgIpc) is 2.65. The Kier molecular flexibility index (Phi) is 2.66. The third-order valence-corrected chi connectivity index (χ3v) is 2.54. The minimum Gasteiger partial charge on any atom is -0.478 e. The molecular weight excluding hydrogens is 212 g/mol. The van der Waals surface area contributed by atoms with Crippen LogP contribution in [0.1, 0.15) is 22.1 Å². The number of carbonyl (C=O) groups is 1. The standard InChI is InChI=1S/C10H10N2O2S/c13-10(14)7-4-2-1-3-6(7)9-11-5-8(15)12-9/h1-4,9,11H,5H2,(H,12,15)(H,13,14). The predicted molar refractivity (Wildman–Crippen MR) is 59.9 cm³/mol. The molecule has 1 saturated heterocycles. The number of rotatable bonds is 2. The maximum atomic E-state index is 11.0. The molecule has 15 heavy (non-hydrogen) atoms. The number of nitrogens with one attached hydrogen (secondary N) is 2. The highest BCUT2D eigenvalue weighted by Crippen LogP contribution is 2.18. The van der Waals surface area contributed by atoms with Crippen molar-refractivity contribution in [3.05, 3.63) is 35.4 Å². The SMILES string of the molecule is O=C(O)c1ccccc1C1NCC(=S)N1. The van der Waals surface area contributed by atoms with E-state index in [1.54, 1.807) is 18.2 Å². The lowest BCUT2D eigenvalue weighted by Gasteiger charge is -2.13. The summed E-state index contributed by atoms with van der Waals surface area (Å²) in [6.45, 7) is 0.591. The predicted octanol–water partition coefficient (Wildman–Crippen LogP) is 0.904. The highest BCUT2D eigenvalue weighted by atomic mass is 32.1. The zero-order valence-electron chi connectivity index (χ0n) is 7.86. The summed E-state index contributed by atoms with van der Waals surface area (Å²) in [5.74, 6) is -0.924. The van der Waals surface area contributed by atoms with Crippen molar-refractivity contribution < 1.29 is 9.90 Å². The van der Waals surface area contributed by atoms with Gasteiger partial charge in [0.2, 0.25) is 0 Å². The van der Waals surface area contributed by atoms with Gasteiger partial charge in [0.25, 0.3) is 0 Å². The molecule has 1 fully saturated rings. The van der Waals surface area contributed by atoms with Crippen LogP contribution in [0.5, 0.6) is 0 Å². The van der Waals surface area contributed by atoms with Gasteiger partial charge in [-0.1, -0.05) is 30.4 Å². The van der Waals surface area contributed by atoms with E-state index in [9.17, 15) is 4.79 Å². The summed E-state index contributed by atoms with van der Waals surface area (Å²) in [5.41, 5.74) is 1.01. The van der Waals surface area contributed by atoms with Gasteiger partial charge in [0.15, 0.2) is 0 Å². The van der Waals surface area contributed by atoms with Gasteiger partial charge in [0, 0.05) is 12.1 Å². The third kappa shape index (κ3) is 1.98. The van der Waals surface area contributed by atoms with Crippen molar-refractivity contribution >= 4 is 23.2 Å². The van der Waals surface area contributed by atoms with E-state index < -0.39 is 5.97 Å². The number of carboxylic acids is 1. The molecule has 1 aromatic rings. The van der Waals surface area contributed by atoms with E-state index in [2.05, 4.69) is 10.6 Å². The third-order valence-electron chi connectivity index (χ3n) is 2.27. The van der Waals surface area contributed by atoms with Crippen LogP contribution in [0.4, 0.5) is 0 Å². The Labute approximate surface area is 92.3 Å². The van der Waals surface area contributed by atoms with Gasteiger partial charge in [-0.2, -0.15) is 0 Å². The topological polar surface area (TPSA) is 61.4 Å². The van der Waals surface area contributed by atoms with Crippen LogP contribution < -0.4 is 10.6 Å². The van der Waals surface area contributed by atoms with Crippen molar-refractivity contribution in [2.45, 2.75) is 6.17 Å². The molecule has 0 aromatic heterocycles. The molecule has 1 aliphatic heterocycles. The van der Waals surface area contributed by atoms with Gasteiger partial charge in [0.1, 0.15) is 6.17 Å².